The highest BCUT2D eigenvalue weighted by molar-refractivity contribution is 5.73. The summed E-state index contributed by atoms with van der Waals surface area (Å²) in [6, 6.07) is 7.62. The Morgan fingerprint density at radius 3 is 2.80 bits per heavy atom. The SMILES string of the molecule is CCCn1cc(C(O)c2cnc3ccccc3n2)cn1. The summed E-state index contributed by atoms with van der Waals surface area (Å²) in [4.78, 5) is 8.78. The lowest BCUT2D eigenvalue weighted by Crippen LogP contribution is -2.03. The van der Waals surface area contributed by atoms with E-state index in [1.807, 2.05) is 35.1 Å². The van der Waals surface area contributed by atoms with Gasteiger partial charge in [0.1, 0.15) is 6.10 Å². The highest BCUT2D eigenvalue weighted by Gasteiger charge is 2.15. The summed E-state index contributed by atoms with van der Waals surface area (Å²) in [5.41, 5.74) is 2.89. The molecule has 0 fully saturated rings. The van der Waals surface area contributed by atoms with E-state index in [0.29, 0.717) is 5.69 Å². The molecule has 5 nitrogen and oxygen atoms in total. The van der Waals surface area contributed by atoms with Gasteiger partial charge >= 0.3 is 0 Å². The van der Waals surface area contributed by atoms with Crippen LogP contribution in [0.15, 0.2) is 42.9 Å². The predicted molar refractivity (Wildman–Crippen MR) is 76.1 cm³/mol. The Kier molecular flexibility index (Phi) is 3.43. The maximum atomic E-state index is 10.4. The average molecular weight is 268 g/mol. The third kappa shape index (κ3) is 2.40. The van der Waals surface area contributed by atoms with E-state index in [1.165, 1.54) is 0 Å². The summed E-state index contributed by atoms with van der Waals surface area (Å²) < 4.78 is 1.83. The molecule has 3 aromatic rings. The summed E-state index contributed by atoms with van der Waals surface area (Å²) in [5, 5.41) is 14.6. The maximum absolute atomic E-state index is 10.4. The first-order valence-electron chi connectivity index (χ1n) is 6.70. The third-order valence-electron chi connectivity index (χ3n) is 3.17. The van der Waals surface area contributed by atoms with Gasteiger partial charge in [0.05, 0.1) is 29.1 Å². The first-order chi connectivity index (χ1) is 9.78. The molecule has 0 radical (unpaired) electrons. The van der Waals surface area contributed by atoms with Gasteiger partial charge in [0.15, 0.2) is 0 Å². The molecule has 0 aliphatic heterocycles. The molecule has 0 saturated heterocycles. The summed E-state index contributed by atoms with van der Waals surface area (Å²) in [5.74, 6) is 0. The van der Waals surface area contributed by atoms with Crippen molar-refractivity contribution in [1.29, 1.82) is 0 Å². The fourth-order valence-corrected chi connectivity index (χ4v) is 2.15. The van der Waals surface area contributed by atoms with Crippen molar-refractivity contribution in [3.63, 3.8) is 0 Å². The number of fused-ring (bicyclic) bond motifs is 1. The van der Waals surface area contributed by atoms with Crippen LogP contribution in [0, 0.1) is 0 Å². The van der Waals surface area contributed by atoms with Crippen molar-refractivity contribution in [3.05, 3.63) is 54.1 Å². The van der Waals surface area contributed by atoms with Crippen molar-refractivity contribution in [2.45, 2.75) is 26.0 Å². The molecule has 1 atom stereocenters. The minimum absolute atomic E-state index is 0.541. The quantitative estimate of drug-likeness (QED) is 0.788. The van der Waals surface area contributed by atoms with Crippen molar-refractivity contribution in [1.82, 2.24) is 19.7 Å². The zero-order chi connectivity index (χ0) is 13.9. The molecule has 0 spiro atoms. The molecular formula is C15H16N4O. The monoisotopic (exact) mass is 268 g/mol. The number of para-hydroxylation sites is 2. The molecule has 102 valence electrons. The zero-order valence-electron chi connectivity index (χ0n) is 11.3. The van der Waals surface area contributed by atoms with E-state index < -0.39 is 6.10 Å². The van der Waals surface area contributed by atoms with Crippen LogP contribution in [0.3, 0.4) is 0 Å². The highest BCUT2D eigenvalue weighted by Crippen LogP contribution is 2.20. The van der Waals surface area contributed by atoms with Gasteiger partial charge in [-0.05, 0) is 18.6 Å². The van der Waals surface area contributed by atoms with Gasteiger partial charge < -0.3 is 5.11 Å². The van der Waals surface area contributed by atoms with Gasteiger partial charge in [-0.15, -0.1) is 0 Å². The molecular weight excluding hydrogens is 252 g/mol. The minimum atomic E-state index is -0.794. The summed E-state index contributed by atoms with van der Waals surface area (Å²) >= 11 is 0. The number of rotatable bonds is 4. The molecule has 1 N–H and O–H groups in total. The number of benzene rings is 1. The predicted octanol–water partition coefficient (Wildman–Crippen LogP) is 2.32. The van der Waals surface area contributed by atoms with E-state index in [1.54, 1.807) is 12.4 Å². The molecule has 0 bridgehead atoms. The van der Waals surface area contributed by atoms with E-state index in [-0.39, 0.29) is 0 Å². The Bertz CT molecular complexity index is 722. The summed E-state index contributed by atoms with van der Waals surface area (Å²) in [6.45, 7) is 2.93. The maximum Gasteiger partial charge on any atom is 0.126 e. The second kappa shape index (κ2) is 5.38. The Balaban J connectivity index is 1.92. The molecule has 1 unspecified atom stereocenters. The van der Waals surface area contributed by atoms with Gasteiger partial charge in [-0.25, -0.2) is 4.98 Å². The second-order valence-electron chi connectivity index (χ2n) is 4.72. The molecule has 5 heteroatoms. The van der Waals surface area contributed by atoms with Crippen LogP contribution >= 0.6 is 0 Å². The average Bonchev–Trinajstić information content (AvgIpc) is 2.95. The highest BCUT2D eigenvalue weighted by atomic mass is 16.3. The number of aryl methyl sites for hydroxylation is 1. The topological polar surface area (TPSA) is 63.8 Å². The standard InChI is InChI=1S/C15H16N4O/c1-2-7-19-10-11(8-17-19)15(20)14-9-16-12-5-3-4-6-13(12)18-14/h3-6,8-10,15,20H,2,7H2,1H3. The Morgan fingerprint density at radius 2 is 2.00 bits per heavy atom. The van der Waals surface area contributed by atoms with Gasteiger partial charge in [-0.2, -0.15) is 5.10 Å². The number of aromatic nitrogens is 4. The van der Waals surface area contributed by atoms with Crippen LogP contribution in [-0.4, -0.2) is 24.9 Å². The molecule has 1 aromatic carbocycles. The normalized spacial score (nSPS) is 12.7. The van der Waals surface area contributed by atoms with Crippen LogP contribution < -0.4 is 0 Å². The van der Waals surface area contributed by atoms with Crippen LogP contribution in [0.2, 0.25) is 0 Å². The van der Waals surface area contributed by atoms with Gasteiger partial charge in [0.2, 0.25) is 0 Å². The number of hydrogen-bond donors (Lipinski definition) is 1. The smallest absolute Gasteiger partial charge is 0.126 e. The lowest BCUT2D eigenvalue weighted by Gasteiger charge is -2.08. The largest absolute Gasteiger partial charge is 0.382 e. The van der Waals surface area contributed by atoms with Gasteiger partial charge in [0.25, 0.3) is 0 Å². The van der Waals surface area contributed by atoms with Crippen molar-refractivity contribution in [2.24, 2.45) is 0 Å². The summed E-state index contributed by atoms with van der Waals surface area (Å²) in [6.07, 6.45) is 5.36. The number of aliphatic hydroxyl groups excluding tert-OH is 1. The van der Waals surface area contributed by atoms with Crippen LogP contribution in [-0.2, 0) is 6.54 Å². The molecule has 0 amide bonds. The fourth-order valence-electron chi connectivity index (χ4n) is 2.15. The van der Waals surface area contributed by atoms with Crippen molar-refractivity contribution < 1.29 is 5.11 Å². The Morgan fingerprint density at radius 1 is 1.20 bits per heavy atom. The van der Waals surface area contributed by atoms with E-state index in [0.717, 1.165) is 29.6 Å². The lowest BCUT2D eigenvalue weighted by atomic mass is 10.1. The first-order valence-corrected chi connectivity index (χ1v) is 6.70. The van der Waals surface area contributed by atoms with E-state index in [9.17, 15) is 5.11 Å². The molecule has 3 rings (SSSR count). The van der Waals surface area contributed by atoms with Crippen LogP contribution in [0.25, 0.3) is 11.0 Å². The molecule has 0 saturated carbocycles. The van der Waals surface area contributed by atoms with Gasteiger partial charge in [0, 0.05) is 18.3 Å². The van der Waals surface area contributed by atoms with Crippen LogP contribution in [0.4, 0.5) is 0 Å². The first kappa shape index (κ1) is 12.7. The molecule has 2 heterocycles. The second-order valence-corrected chi connectivity index (χ2v) is 4.72. The zero-order valence-corrected chi connectivity index (χ0v) is 11.3. The Hall–Kier alpha value is -2.27. The number of nitrogens with zero attached hydrogens (tertiary/aromatic N) is 4. The Labute approximate surface area is 116 Å². The molecule has 0 aliphatic rings. The third-order valence-corrected chi connectivity index (χ3v) is 3.17. The van der Waals surface area contributed by atoms with E-state index in [2.05, 4.69) is 22.0 Å². The van der Waals surface area contributed by atoms with Gasteiger partial charge in [-0.1, -0.05) is 19.1 Å². The molecule has 0 aliphatic carbocycles. The van der Waals surface area contributed by atoms with Crippen molar-refractivity contribution in [3.8, 4) is 0 Å². The van der Waals surface area contributed by atoms with E-state index >= 15 is 0 Å². The van der Waals surface area contributed by atoms with Gasteiger partial charge in [-0.3, -0.25) is 9.67 Å². The number of aliphatic hydroxyl groups is 1. The van der Waals surface area contributed by atoms with E-state index in [4.69, 9.17) is 0 Å². The fraction of sp³-hybridized carbons (Fsp3) is 0.267. The minimum Gasteiger partial charge on any atom is -0.382 e. The molecule has 2 aromatic heterocycles. The van der Waals surface area contributed by atoms with Crippen molar-refractivity contribution >= 4 is 11.0 Å². The van der Waals surface area contributed by atoms with Crippen LogP contribution in [0.1, 0.15) is 30.7 Å². The summed E-state index contributed by atoms with van der Waals surface area (Å²) in [7, 11) is 0. The van der Waals surface area contributed by atoms with Crippen molar-refractivity contribution in [2.75, 3.05) is 0 Å². The number of hydrogen-bond acceptors (Lipinski definition) is 4. The van der Waals surface area contributed by atoms with Crippen LogP contribution in [0.5, 0.6) is 0 Å². The molecule has 20 heavy (non-hydrogen) atoms. The lowest BCUT2D eigenvalue weighted by molar-refractivity contribution is 0.215.